The molecule has 1 aromatic carbocycles. The minimum atomic E-state index is -4.59. The van der Waals surface area contributed by atoms with Crippen LogP contribution in [0.15, 0.2) is 47.3 Å². The van der Waals surface area contributed by atoms with Crippen molar-refractivity contribution in [1.29, 1.82) is 0 Å². The van der Waals surface area contributed by atoms with E-state index in [-0.39, 0.29) is 29.9 Å². The lowest BCUT2D eigenvalue weighted by atomic mass is 9.99. The molecule has 0 spiro atoms. The first-order valence-electron chi connectivity index (χ1n) is 6.96. The highest BCUT2D eigenvalue weighted by Gasteiger charge is 2.39. The predicted octanol–water partition coefficient (Wildman–Crippen LogP) is 2.78. The molecule has 8 heteroatoms. The normalized spacial score (nSPS) is 17.4. The van der Waals surface area contributed by atoms with Gasteiger partial charge >= 0.3 is 18.1 Å². The van der Waals surface area contributed by atoms with Crippen LogP contribution in [0.4, 0.5) is 18.9 Å². The van der Waals surface area contributed by atoms with Crippen LogP contribution in [0.1, 0.15) is 12.0 Å². The number of hydrogen-bond acceptors (Lipinski definition) is 5. The highest BCUT2D eigenvalue weighted by atomic mass is 19.4. The van der Waals surface area contributed by atoms with Crippen molar-refractivity contribution in [3.05, 3.63) is 52.9 Å². The van der Waals surface area contributed by atoms with Gasteiger partial charge in [-0.05, 0) is 12.1 Å². The van der Waals surface area contributed by atoms with Crippen molar-refractivity contribution in [3.63, 3.8) is 0 Å². The minimum Gasteiger partial charge on any atom is -0.466 e. The van der Waals surface area contributed by atoms with Crippen LogP contribution in [0.5, 0.6) is 0 Å². The topological polar surface area (TPSA) is 55.8 Å². The van der Waals surface area contributed by atoms with Crippen molar-refractivity contribution in [2.45, 2.75) is 12.6 Å². The van der Waals surface area contributed by atoms with Crippen LogP contribution in [0.25, 0.3) is 0 Å². The molecule has 2 heterocycles. The van der Waals surface area contributed by atoms with Crippen LogP contribution in [-0.4, -0.2) is 25.7 Å². The van der Waals surface area contributed by atoms with Gasteiger partial charge < -0.3 is 14.4 Å². The number of para-hydroxylation sites is 1. The number of halogens is 3. The van der Waals surface area contributed by atoms with Crippen LogP contribution in [-0.2, 0) is 25.2 Å². The van der Waals surface area contributed by atoms with E-state index in [1.54, 1.807) is 0 Å². The standard InChI is InChI=1S/C16H12F3NO4/c1-23-14(21)9-6-10-13(8-24-15(10)22)20(7-9)12-5-3-2-4-11(12)16(17,18)19/h2-5,7H,6,8H2,1H3. The largest absolute Gasteiger partial charge is 0.466 e. The van der Waals surface area contributed by atoms with E-state index in [0.29, 0.717) is 5.70 Å². The molecule has 2 aliphatic rings. The molecule has 0 saturated carbocycles. The molecular formula is C16H12F3NO4. The van der Waals surface area contributed by atoms with E-state index in [4.69, 9.17) is 4.74 Å². The van der Waals surface area contributed by atoms with Crippen LogP contribution in [0.3, 0.4) is 0 Å². The molecule has 0 amide bonds. The fourth-order valence-corrected chi connectivity index (χ4v) is 2.68. The summed E-state index contributed by atoms with van der Waals surface area (Å²) in [5.41, 5.74) is -0.526. The lowest BCUT2D eigenvalue weighted by Gasteiger charge is -2.28. The van der Waals surface area contributed by atoms with E-state index in [0.717, 1.165) is 13.2 Å². The fraction of sp³-hybridized carbons (Fsp3) is 0.250. The number of rotatable bonds is 2. The Bertz CT molecular complexity index is 780. The third-order valence-electron chi connectivity index (χ3n) is 3.79. The summed E-state index contributed by atoms with van der Waals surface area (Å²) in [7, 11) is 1.16. The van der Waals surface area contributed by atoms with Gasteiger partial charge in [0, 0.05) is 12.6 Å². The van der Waals surface area contributed by atoms with Crippen LogP contribution in [0, 0.1) is 0 Å². The Hall–Kier alpha value is -2.77. The number of carbonyl (C=O) groups is 2. The maximum atomic E-state index is 13.3. The van der Waals surface area contributed by atoms with E-state index in [1.807, 2.05) is 0 Å². The summed E-state index contributed by atoms with van der Waals surface area (Å²) in [5, 5.41) is 0. The summed E-state index contributed by atoms with van der Waals surface area (Å²) in [6, 6.07) is 4.93. The molecule has 0 radical (unpaired) electrons. The molecule has 126 valence electrons. The zero-order valence-corrected chi connectivity index (χ0v) is 12.5. The average molecular weight is 339 g/mol. The number of anilines is 1. The maximum Gasteiger partial charge on any atom is 0.418 e. The van der Waals surface area contributed by atoms with E-state index >= 15 is 0 Å². The Morgan fingerprint density at radius 2 is 2.00 bits per heavy atom. The van der Waals surface area contributed by atoms with Crippen molar-refractivity contribution in [2.75, 3.05) is 18.6 Å². The van der Waals surface area contributed by atoms with Crippen molar-refractivity contribution in [2.24, 2.45) is 0 Å². The third kappa shape index (κ3) is 2.64. The molecule has 0 atom stereocenters. The molecule has 24 heavy (non-hydrogen) atoms. The van der Waals surface area contributed by atoms with Gasteiger partial charge in [-0.3, -0.25) is 0 Å². The van der Waals surface area contributed by atoms with Gasteiger partial charge in [0.15, 0.2) is 0 Å². The molecule has 0 N–H and O–H groups in total. The van der Waals surface area contributed by atoms with Gasteiger partial charge in [0.1, 0.15) is 6.61 Å². The number of methoxy groups -OCH3 is 1. The highest BCUT2D eigenvalue weighted by Crippen LogP contribution is 2.41. The second-order valence-corrected chi connectivity index (χ2v) is 5.21. The van der Waals surface area contributed by atoms with Crippen molar-refractivity contribution < 1.29 is 32.2 Å². The van der Waals surface area contributed by atoms with Gasteiger partial charge in [0.2, 0.25) is 0 Å². The van der Waals surface area contributed by atoms with E-state index in [1.165, 1.54) is 29.3 Å². The van der Waals surface area contributed by atoms with Gasteiger partial charge in [-0.1, -0.05) is 12.1 Å². The van der Waals surface area contributed by atoms with Gasteiger partial charge in [0.25, 0.3) is 0 Å². The third-order valence-corrected chi connectivity index (χ3v) is 3.79. The zero-order chi connectivity index (χ0) is 17.5. The van der Waals surface area contributed by atoms with Gasteiger partial charge in [0.05, 0.1) is 35.2 Å². The number of alkyl halides is 3. The molecule has 2 aliphatic heterocycles. The summed E-state index contributed by atoms with van der Waals surface area (Å²) < 4.78 is 49.4. The molecule has 0 bridgehead atoms. The lowest BCUT2D eigenvalue weighted by molar-refractivity contribution is -0.138. The van der Waals surface area contributed by atoms with Crippen molar-refractivity contribution in [3.8, 4) is 0 Å². The first-order chi connectivity index (χ1) is 11.3. The number of ether oxygens (including phenoxy) is 2. The molecule has 0 unspecified atom stereocenters. The molecule has 1 aromatic rings. The number of hydrogen-bond donors (Lipinski definition) is 0. The molecule has 0 saturated heterocycles. The van der Waals surface area contributed by atoms with Crippen LogP contribution in [0.2, 0.25) is 0 Å². The maximum absolute atomic E-state index is 13.3. The number of nitrogens with zero attached hydrogens (tertiary/aromatic N) is 1. The Kier molecular flexibility index (Phi) is 3.82. The first kappa shape index (κ1) is 16.1. The monoisotopic (exact) mass is 339 g/mol. The molecular weight excluding hydrogens is 327 g/mol. The Morgan fingerprint density at radius 1 is 1.29 bits per heavy atom. The Morgan fingerprint density at radius 3 is 2.67 bits per heavy atom. The van der Waals surface area contributed by atoms with E-state index in [9.17, 15) is 22.8 Å². The molecule has 0 aromatic heterocycles. The fourth-order valence-electron chi connectivity index (χ4n) is 2.68. The smallest absolute Gasteiger partial charge is 0.418 e. The molecule has 5 nitrogen and oxygen atoms in total. The van der Waals surface area contributed by atoms with Crippen LogP contribution >= 0.6 is 0 Å². The SMILES string of the molecule is COC(=O)C1=CN(c2ccccc2C(F)(F)F)C2=C(C1)C(=O)OC2. The van der Waals surface area contributed by atoms with Crippen molar-refractivity contribution >= 4 is 17.6 Å². The van der Waals surface area contributed by atoms with Crippen LogP contribution < -0.4 is 4.90 Å². The summed E-state index contributed by atoms with van der Waals surface area (Å²) >= 11 is 0. The molecule has 0 aliphatic carbocycles. The number of esters is 2. The number of benzene rings is 1. The Balaban J connectivity index is 2.15. The number of cyclic esters (lactones) is 1. The van der Waals surface area contributed by atoms with E-state index in [2.05, 4.69) is 4.74 Å². The molecule has 3 rings (SSSR count). The van der Waals surface area contributed by atoms with Gasteiger partial charge in [-0.25, -0.2) is 9.59 Å². The summed E-state index contributed by atoms with van der Waals surface area (Å²) in [5.74, 6) is -1.36. The Labute approximate surface area is 134 Å². The van der Waals surface area contributed by atoms with E-state index < -0.39 is 23.7 Å². The van der Waals surface area contributed by atoms with Gasteiger partial charge in [-0.15, -0.1) is 0 Å². The highest BCUT2D eigenvalue weighted by molar-refractivity contribution is 5.99. The molecule has 0 fully saturated rings. The quantitative estimate of drug-likeness (QED) is 0.776. The number of carbonyl (C=O) groups excluding carboxylic acids is 2. The summed E-state index contributed by atoms with van der Waals surface area (Å²) in [6.45, 7) is -0.148. The minimum absolute atomic E-state index is 0.0362. The summed E-state index contributed by atoms with van der Waals surface area (Å²) in [4.78, 5) is 24.8. The second kappa shape index (κ2) is 5.70. The lowest BCUT2D eigenvalue weighted by Crippen LogP contribution is -2.27. The van der Waals surface area contributed by atoms with Crippen molar-refractivity contribution in [1.82, 2.24) is 0 Å². The first-order valence-corrected chi connectivity index (χ1v) is 6.96. The average Bonchev–Trinajstić information content (AvgIpc) is 2.94. The zero-order valence-electron chi connectivity index (χ0n) is 12.5. The van der Waals surface area contributed by atoms with Gasteiger partial charge in [-0.2, -0.15) is 13.2 Å². The predicted molar refractivity (Wildman–Crippen MR) is 76.6 cm³/mol. The second-order valence-electron chi connectivity index (χ2n) is 5.21. The summed E-state index contributed by atoms with van der Waals surface area (Å²) in [6.07, 6.45) is -3.36.